The molecule has 0 spiro atoms. The molecule has 1 aliphatic carbocycles. The van der Waals surface area contributed by atoms with Crippen LogP contribution in [0.3, 0.4) is 0 Å². The van der Waals surface area contributed by atoms with E-state index in [-0.39, 0.29) is 0 Å². The summed E-state index contributed by atoms with van der Waals surface area (Å²) in [7, 11) is 2.02. The van der Waals surface area contributed by atoms with Crippen LogP contribution < -0.4 is 5.32 Å². The zero-order valence-corrected chi connectivity index (χ0v) is 11.4. The second-order valence-electron chi connectivity index (χ2n) is 5.24. The smallest absolute Gasteiger partial charge is 0.0669 e. The van der Waals surface area contributed by atoms with Crippen molar-refractivity contribution in [1.29, 1.82) is 0 Å². The summed E-state index contributed by atoms with van der Waals surface area (Å²) in [6.07, 6.45) is 8.57. The third-order valence-corrected chi connectivity index (χ3v) is 3.55. The van der Waals surface area contributed by atoms with Gasteiger partial charge in [0.05, 0.1) is 5.69 Å². The van der Waals surface area contributed by atoms with Gasteiger partial charge in [-0.05, 0) is 31.7 Å². The molecule has 17 heavy (non-hydrogen) atoms. The van der Waals surface area contributed by atoms with Crippen molar-refractivity contribution in [2.45, 2.75) is 52.0 Å². The van der Waals surface area contributed by atoms with Crippen LogP contribution in [0.25, 0.3) is 0 Å². The van der Waals surface area contributed by atoms with Crippen molar-refractivity contribution < 1.29 is 0 Å². The fraction of sp³-hybridized carbons (Fsp3) is 0.786. The van der Waals surface area contributed by atoms with Gasteiger partial charge in [-0.2, -0.15) is 5.10 Å². The Morgan fingerprint density at radius 2 is 2.24 bits per heavy atom. The molecule has 96 valence electrons. The van der Waals surface area contributed by atoms with Crippen LogP contribution in [0.1, 0.15) is 56.8 Å². The molecule has 1 atom stereocenters. The first kappa shape index (κ1) is 12.6. The first-order valence-corrected chi connectivity index (χ1v) is 7.00. The van der Waals surface area contributed by atoms with Gasteiger partial charge < -0.3 is 5.32 Å². The SMILES string of the molecule is CCCNC(CC1CC1)c1cn(C)nc1CC. The van der Waals surface area contributed by atoms with Gasteiger partial charge in [0.25, 0.3) is 0 Å². The molecule has 0 aliphatic heterocycles. The molecule has 0 aromatic carbocycles. The van der Waals surface area contributed by atoms with Gasteiger partial charge in [0, 0.05) is 24.8 Å². The van der Waals surface area contributed by atoms with Crippen molar-refractivity contribution in [3.63, 3.8) is 0 Å². The largest absolute Gasteiger partial charge is 0.310 e. The third kappa shape index (κ3) is 3.32. The third-order valence-electron chi connectivity index (χ3n) is 3.55. The molecule has 1 aromatic heterocycles. The topological polar surface area (TPSA) is 29.9 Å². The van der Waals surface area contributed by atoms with Crippen LogP contribution in [0.4, 0.5) is 0 Å². The van der Waals surface area contributed by atoms with Gasteiger partial charge in [-0.15, -0.1) is 0 Å². The Hall–Kier alpha value is -0.830. The highest BCUT2D eigenvalue weighted by atomic mass is 15.3. The van der Waals surface area contributed by atoms with Crippen LogP contribution in [-0.2, 0) is 13.5 Å². The highest BCUT2D eigenvalue weighted by Gasteiger charge is 2.27. The van der Waals surface area contributed by atoms with E-state index in [4.69, 9.17) is 0 Å². The molecular weight excluding hydrogens is 210 g/mol. The molecule has 1 fully saturated rings. The maximum atomic E-state index is 4.56. The van der Waals surface area contributed by atoms with Crippen LogP contribution in [0.15, 0.2) is 6.20 Å². The average molecular weight is 235 g/mol. The lowest BCUT2D eigenvalue weighted by Gasteiger charge is -2.18. The maximum absolute atomic E-state index is 4.56. The Balaban J connectivity index is 2.10. The molecule has 1 aliphatic rings. The average Bonchev–Trinajstić information content (AvgIpc) is 3.06. The van der Waals surface area contributed by atoms with E-state index in [2.05, 4.69) is 30.5 Å². The van der Waals surface area contributed by atoms with Gasteiger partial charge in [-0.1, -0.05) is 26.7 Å². The zero-order chi connectivity index (χ0) is 12.3. The van der Waals surface area contributed by atoms with Crippen LogP contribution in [0.5, 0.6) is 0 Å². The molecule has 0 amide bonds. The molecule has 2 rings (SSSR count). The molecule has 0 bridgehead atoms. The van der Waals surface area contributed by atoms with Crippen molar-refractivity contribution in [1.82, 2.24) is 15.1 Å². The van der Waals surface area contributed by atoms with Gasteiger partial charge in [-0.3, -0.25) is 4.68 Å². The molecule has 1 unspecified atom stereocenters. The predicted molar refractivity (Wildman–Crippen MR) is 71.0 cm³/mol. The first-order chi connectivity index (χ1) is 8.24. The van der Waals surface area contributed by atoms with E-state index in [0.29, 0.717) is 6.04 Å². The summed E-state index contributed by atoms with van der Waals surface area (Å²) >= 11 is 0. The minimum atomic E-state index is 0.520. The highest BCUT2D eigenvalue weighted by Crippen LogP contribution is 2.38. The van der Waals surface area contributed by atoms with Crippen molar-refractivity contribution >= 4 is 0 Å². The van der Waals surface area contributed by atoms with Gasteiger partial charge in [0.15, 0.2) is 0 Å². The normalized spacial score (nSPS) is 17.4. The van der Waals surface area contributed by atoms with E-state index in [1.54, 1.807) is 0 Å². The van der Waals surface area contributed by atoms with Crippen LogP contribution in [0, 0.1) is 5.92 Å². The van der Waals surface area contributed by atoms with Gasteiger partial charge in [-0.25, -0.2) is 0 Å². The maximum Gasteiger partial charge on any atom is 0.0669 e. The molecule has 1 N–H and O–H groups in total. The number of nitrogens with zero attached hydrogens (tertiary/aromatic N) is 2. The summed E-state index contributed by atoms with van der Waals surface area (Å²) < 4.78 is 1.96. The Bertz CT molecular complexity index is 352. The predicted octanol–water partition coefficient (Wildman–Crippen LogP) is 2.82. The van der Waals surface area contributed by atoms with Crippen molar-refractivity contribution in [2.75, 3.05) is 6.54 Å². The summed E-state index contributed by atoms with van der Waals surface area (Å²) in [6.45, 7) is 5.53. The van der Waals surface area contributed by atoms with E-state index in [0.717, 1.165) is 18.9 Å². The Labute approximate surface area is 105 Å². The quantitative estimate of drug-likeness (QED) is 0.787. The standard InChI is InChI=1S/C14H25N3/c1-4-8-15-14(9-11-6-7-11)12-10-17(3)16-13(12)5-2/h10-11,14-15H,4-9H2,1-3H3. The molecule has 1 aromatic rings. The van der Waals surface area contributed by atoms with Gasteiger partial charge in [0.2, 0.25) is 0 Å². The lowest BCUT2D eigenvalue weighted by Crippen LogP contribution is -2.23. The second-order valence-corrected chi connectivity index (χ2v) is 5.24. The fourth-order valence-electron chi connectivity index (χ4n) is 2.44. The molecule has 0 radical (unpaired) electrons. The fourth-order valence-corrected chi connectivity index (χ4v) is 2.44. The second kappa shape index (κ2) is 5.67. The highest BCUT2D eigenvalue weighted by molar-refractivity contribution is 5.22. The zero-order valence-electron chi connectivity index (χ0n) is 11.4. The van der Waals surface area contributed by atoms with E-state index in [1.165, 1.54) is 36.9 Å². The molecule has 3 nitrogen and oxygen atoms in total. The van der Waals surface area contributed by atoms with Crippen LogP contribution >= 0.6 is 0 Å². The summed E-state index contributed by atoms with van der Waals surface area (Å²) in [5.74, 6) is 0.953. The van der Waals surface area contributed by atoms with Crippen LogP contribution in [-0.4, -0.2) is 16.3 Å². The van der Waals surface area contributed by atoms with Gasteiger partial charge in [0.1, 0.15) is 0 Å². The summed E-state index contributed by atoms with van der Waals surface area (Å²) in [6, 6.07) is 0.520. The molecule has 1 heterocycles. The first-order valence-electron chi connectivity index (χ1n) is 7.00. The lowest BCUT2D eigenvalue weighted by atomic mass is 10.0. The summed E-state index contributed by atoms with van der Waals surface area (Å²) in [5.41, 5.74) is 2.69. The van der Waals surface area contributed by atoms with E-state index >= 15 is 0 Å². The Morgan fingerprint density at radius 1 is 1.47 bits per heavy atom. The number of hydrogen-bond acceptors (Lipinski definition) is 2. The summed E-state index contributed by atoms with van der Waals surface area (Å²) in [5, 5.41) is 8.25. The number of aromatic nitrogens is 2. The van der Waals surface area contributed by atoms with Crippen molar-refractivity contribution in [2.24, 2.45) is 13.0 Å². The lowest BCUT2D eigenvalue weighted by molar-refractivity contribution is 0.471. The molecule has 0 saturated heterocycles. The monoisotopic (exact) mass is 235 g/mol. The van der Waals surface area contributed by atoms with Gasteiger partial charge >= 0.3 is 0 Å². The number of aryl methyl sites for hydroxylation is 2. The Kier molecular flexibility index (Phi) is 4.21. The number of rotatable bonds is 7. The van der Waals surface area contributed by atoms with E-state index in [1.807, 2.05) is 11.7 Å². The number of nitrogens with one attached hydrogen (secondary N) is 1. The minimum absolute atomic E-state index is 0.520. The van der Waals surface area contributed by atoms with E-state index < -0.39 is 0 Å². The minimum Gasteiger partial charge on any atom is -0.310 e. The molecule has 1 saturated carbocycles. The molecule has 3 heteroatoms. The van der Waals surface area contributed by atoms with Crippen LogP contribution in [0.2, 0.25) is 0 Å². The number of hydrogen-bond donors (Lipinski definition) is 1. The Morgan fingerprint density at radius 3 is 2.82 bits per heavy atom. The van der Waals surface area contributed by atoms with Crippen molar-refractivity contribution in [3.8, 4) is 0 Å². The van der Waals surface area contributed by atoms with Crippen molar-refractivity contribution in [3.05, 3.63) is 17.5 Å². The van der Waals surface area contributed by atoms with E-state index in [9.17, 15) is 0 Å². The summed E-state index contributed by atoms with van der Waals surface area (Å²) in [4.78, 5) is 0. The molecular formula is C14H25N3.